The maximum atomic E-state index is 3.67. The van der Waals surface area contributed by atoms with Crippen molar-refractivity contribution in [2.75, 3.05) is 6.54 Å². The zero-order valence-electron chi connectivity index (χ0n) is 11.6. The molecule has 1 heteroatoms. The van der Waals surface area contributed by atoms with E-state index < -0.39 is 0 Å². The van der Waals surface area contributed by atoms with Crippen LogP contribution in [0.5, 0.6) is 0 Å². The average Bonchev–Trinajstić information content (AvgIpc) is 2.38. The van der Waals surface area contributed by atoms with Crippen LogP contribution in [-0.2, 0) is 0 Å². The summed E-state index contributed by atoms with van der Waals surface area (Å²) in [4.78, 5) is 0. The molecule has 0 fully saturated rings. The summed E-state index contributed by atoms with van der Waals surface area (Å²) < 4.78 is 0. The zero-order chi connectivity index (χ0) is 12.5. The first-order chi connectivity index (χ1) is 8.27. The van der Waals surface area contributed by atoms with Crippen molar-refractivity contribution in [3.8, 4) is 0 Å². The highest BCUT2D eigenvalue weighted by molar-refractivity contribution is 5.18. The van der Waals surface area contributed by atoms with Crippen molar-refractivity contribution in [2.45, 2.75) is 58.4 Å². The van der Waals surface area contributed by atoms with Gasteiger partial charge in [0.1, 0.15) is 0 Å². The van der Waals surface area contributed by atoms with Gasteiger partial charge in [0.15, 0.2) is 0 Å². The Labute approximate surface area is 107 Å². The summed E-state index contributed by atoms with van der Waals surface area (Å²) in [5, 5.41) is 3.67. The fraction of sp³-hybridized carbons (Fsp3) is 0.625. The molecule has 0 radical (unpaired) electrons. The predicted octanol–water partition coefficient (Wildman–Crippen LogP) is 4.35. The van der Waals surface area contributed by atoms with Crippen molar-refractivity contribution < 1.29 is 0 Å². The summed E-state index contributed by atoms with van der Waals surface area (Å²) in [5.74, 6) is 0.655. The highest BCUT2D eigenvalue weighted by Gasteiger charge is 2.07. The first-order valence-corrected chi connectivity index (χ1v) is 7.06. The van der Waals surface area contributed by atoms with E-state index in [0.717, 1.165) is 6.54 Å². The van der Waals surface area contributed by atoms with Crippen molar-refractivity contribution in [3.05, 3.63) is 35.9 Å². The van der Waals surface area contributed by atoms with Gasteiger partial charge in [-0.3, -0.25) is 0 Å². The number of hydrogen-bond donors (Lipinski definition) is 1. The van der Waals surface area contributed by atoms with E-state index in [1.54, 1.807) is 0 Å². The van der Waals surface area contributed by atoms with Crippen LogP contribution in [0.4, 0.5) is 0 Å². The molecule has 2 atom stereocenters. The van der Waals surface area contributed by atoms with Crippen molar-refractivity contribution in [1.29, 1.82) is 0 Å². The van der Waals surface area contributed by atoms with Crippen LogP contribution in [0.1, 0.15) is 57.9 Å². The van der Waals surface area contributed by atoms with E-state index in [0.29, 0.717) is 12.0 Å². The van der Waals surface area contributed by atoms with Crippen molar-refractivity contribution >= 4 is 0 Å². The van der Waals surface area contributed by atoms with Crippen LogP contribution < -0.4 is 5.32 Å². The minimum Gasteiger partial charge on any atom is -0.314 e. The highest BCUT2D eigenvalue weighted by Crippen LogP contribution is 2.17. The van der Waals surface area contributed by atoms with E-state index in [9.17, 15) is 0 Å². The Kier molecular flexibility index (Phi) is 6.95. The normalized spacial score (nSPS) is 14.5. The third-order valence-electron chi connectivity index (χ3n) is 3.51. The minimum absolute atomic E-state index is 0.655. The lowest BCUT2D eigenvalue weighted by Crippen LogP contribution is -2.29. The van der Waals surface area contributed by atoms with Gasteiger partial charge in [-0.15, -0.1) is 0 Å². The zero-order valence-corrected chi connectivity index (χ0v) is 11.6. The molecule has 0 heterocycles. The van der Waals surface area contributed by atoms with Gasteiger partial charge in [-0.1, -0.05) is 57.5 Å². The summed E-state index contributed by atoms with van der Waals surface area (Å²) in [7, 11) is 0. The Morgan fingerprint density at radius 3 is 2.35 bits per heavy atom. The van der Waals surface area contributed by atoms with E-state index in [-0.39, 0.29) is 0 Å². The maximum Gasteiger partial charge on any atom is 0.00643 e. The molecule has 0 spiro atoms. The van der Waals surface area contributed by atoms with E-state index >= 15 is 0 Å². The fourth-order valence-corrected chi connectivity index (χ4v) is 2.25. The van der Waals surface area contributed by atoms with Gasteiger partial charge in [0.25, 0.3) is 0 Å². The van der Waals surface area contributed by atoms with Crippen LogP contribution >= 0.6 is 0 Å². The number of benzene rings is 1. The number of hydrogen-bond acceptors (Lipinski definition) is 1. The molecule has 17 heavy (non-hydrogen) atoms. The molecule has 0 bridgehead atoms. The van der Waals surface area contributed by atoms with Gasteiger partial charge in [-0.2, -0.15) is 0 Å². The SMILES string of the molecule is CCCC(CC)NCCC(C)c1ccccc1. The molecule has 0 aliphatic heterocycles. The lowest BCUT2D eigenvalue weighted by Gasteiger charge is -2.18. The van der Waals surface area contributed by atoms with Crippen LogP contribution in [0.15, 0.2) is 30.3 Å². The summed E-state index contributed by atoms with van der Waals surface area (Å²) >= 11 is 0. The predicted molar refractivity (Wildman–Crippen MR) is 76.5 cm³/mol. The Morgan fingerprint density at radius 1 is 1.06 bits per heavy atom. The number of rotatable bonds is 8. The van der Waals surface area contributed by atoms with E-state index in [4.69, 9.17) is 0 Å². The third kappa shape index (κ3) is 5.36. The van der Waals surface area contributed by atoms with E-state index in [1.165, 1.54) is 31.2 Å². The van der Waals surface area contributed by atoms with Crippen LogP contribution in [0.25, 0.3) is 0 Å². The molecule has 2 unspecified atom stereocenters. The third-order valence-corrected chi connectivity index (χ3v) is 3.51. The van der Waals surface area contributed by atoms with Gasteiger partial charge in [-0.25, -0.2) is 0 Å². The summed E-state index contributed by atoms with van der Waals surface area (Å²) in [6.45, 7) is 7.98. The van der Waals surface area contributed by atoms with Gasteiger partial charge < -0.3 is 5.32 Å². The van der Waals surface area contributed by atoms with Crippen LogP contribution in [0.3, 0.4) is 0 Å². The average molecular weight is 233 g/mol. The second kappa shape index (κ2) is 8.30. The molecule has 1 N–H and O–H groups in total. The fourth-order valence-electron chi connectivity index (χ4n) is 2.25. The van der Waals surface area contributed by atoms with Gasteiger partial charge in [-0.05, 0) is 37.3 Å². The first-order valence-electron chi connectivity index (χ1n) is 7.06. The van der Waals surface area contributed by atoms with Crippen LogP contribution in [-0.4, -0.2) is 12.6 Å². The number of nitrogens with one attached hydrogen (secondary N) is 1. The summed E-state index contributed by atoms with van der Waals surface area (Å²) in [6.07, 6.45) is 5.05. The minimum atomic E-state index is 0.655. The second-order valence-corrected chi connectivity index (χ2v) is 4.95. The van der Waals surface area contributed by atoms with E-state index in [1.807, 2.05) is 0 Å². The van der Waals surface area contributed by atoms with Gasteiger partial charge in [0.05, 0.1) is 0 Å². The quantitative estimate of drug-likeness (QED) is 0.704. The van der Waals surface area contributed by atoms with Crippen molar-refractivity contribution in [3.63, 3.8) is 0 Å². The Bertz CT molecular complexity index is 281. The molecular formula is C16H27N. The van der Waals surface area contributed by atoms with Crippen molar-refractivity contribution in [1.82, 2.24) is 5.32 Å². The van der Waals surface area contributed by atoms with Gasteiger partial charge in [0, 0.05) is 6.04 Å². The maximum absolute atomic E-state index is 3.67. The Balaban J connectivity index is 2.26. The van der Waals surface area contributed by atoms with E-state index in [2.05, 4.69) is 56.4 Å². The first kappa shape index (κ1) is 14.2. The second-order valence-electron chi connectivity index (χ2n) is 4.95. The lowest BCUT2D eigenvalue weighted by atomic mass is 9.97. The highest BCUT2D eigenvalue weighted by atomic mass is 14.9. The molecular weight excluding hydrogens is 206 g/mol. The molecule has 0 aliphatic rings. The molecule has 0 amide bonds. The molecule has 0 aromatic heterocycles. The molecule has 1 aromatic carbocycles. The summed E-state index contributed by atoms with van der Waals surface area (Å²) in [5.41, 5.74) is 1.46. The van der Waals surface area contributed by atoms with Crippen molar-refractivity contribution in [2.24, 2.45) is 0 Å². The monoisotopic (exact) mass is 233 g/mol. The Hall–Kier alpha value is -0.820. The van der Waals surface area contributed by atoms with Gasteiger partial charge in [0.2, 0.25) is 0 Å². The van der Waals surface area contributed by atoms with Crippen LogP contribution in [0.2, 0.25) is 0 Å². The lowest BCUT2D eigenvalue weighted by molar-refractivity contribution is 0.449. The standard InChI is InChI=1S/C16H27N/c1-4-9-16(5-2)17-13-12-14(3)15-10-7-6-8-11-15/h6-8,10-11,14,16-17H,4-5,9,12-13H2,1-3H3. The molecule has 0 saturated heterocycles. The smallest absolute Gasteiger partial charge is 0.00643 e. The Morgan fingerprint density at radius 2 is 1.76 bits per heavy atom. The molecule has 0 saturated carbocycles. The molecule has 1 nitrogen and oxygen atoms in total. The largest absolute Gasteiger partial charge is 0.314 e. The molecule has 96 valence electrons. The van der Waals surface area contributed by atoms with Gasteiger partial charge >= 0.3 is 0 Å². The molecule has 1 aromatic rings. The van der Waals surface area contributed by atoms with Crippen LogP contribution in [0, 0.1) is 0 Å². The summed E-state index contributed by atoms with van der Waals surface area (Å²) in [6, 6.07) is 11.5. The molecule has 1 rings (SSSR count). The topological polar surface area (TPSA) is 12.0 Å². The molecule has 0 aliphatic carbocycles.